The Morgan fingerprint density at radius 1 is 1.39 bits per heavy atom. The van der Waals surface area contributed by atoms with Crippen molar-refractivity contribution >= 4 is 29.9 Å². The number of aromatic amines is 1. The molecule has 0 bridgehead atoms. The first-order valence-corrected chi connectivity index (χ1v) is 11.2. The highest BCUT2D eigenvalue weighted by atomic mass is 35.5. The third-order valence-corrected chi connectivity index (χ3v) is 5.35. The van der Waals surface area contributed by atoms with Gasteiger partial charge in [0, 0.05) is 37.0 Å². The number of hydrogen-bond acceptors (Lipinski definition) is 5. The van der Waals surface area contributed by atoms with E-state index in [0.717, 1.165) is 48.3 Å². The lowest BCUT2D eigenvalue weighted by Gasteiger charge is -2.30. The minimum atomic E-state index is -0.113. The summed E-state index contributed by atoms with van der Waals surface area (Å²) in [5.41, 5.74) is 4.32. The average Bonchev–Trinajstić information content (AvgIpc) is 3.37. The minimum absolute atomic E-state index is 0.113. The maximum Gasteiger partial charge on any atom is 0.251 e. The predicted molar refractivity (Wildman–Crippen MR) is 133 cm³/mol. The summed E-state index contributed by atoms with van der Waals surface area (Å²) in [6, 6.07) is 5.67. The van der Waals surface area contributed by atoms with Gasteiger partial charge in [0.05, 0.1) is 25.1 Å². The van der Waals surface area contributed by atoms with E-state index in [9.17, 15) is 4.79 Å². The lowest BCUT2D eigenvalue weighted by atomic mass is 10.1. The van der Waals surface area contributed by atoms with Gasteiger partial charge in [0.1, 0.15) is 5.16 Å². The topological polar surface area (TPSA) is 82.6 Å². The van der Waals surface area contributed by atoms with Crippen molar-refractivity contribution in [2.24, 2.45) is 4.99 Å². The second-order valence-corrected chi connectivity index (χ2v) is 7.93. The second kappa shape index (κ2) is 12.6. The highest BCUT2D eigenvalue weighted by Crippen LogP contribution is 2.23. The molecule has 2 aromatic rings. The smallest absolute Gasteiger partial charge is 0.251 e. The first-order chi connectivity index (χ1) is 16.1. The Morgan fingerprint density at radius 3 is 2.94 bits per heavy atom. The molecule has 33 heavy (non-hydrogen) atoms. The fraction of sp³-hybridized carbons (Fsp3) is 0.320. The zero-order valence-electron chi connectivity index (χ0n) is 18.7. The molecule has 1 aromatic heterocycles. The van der Waals surface area contributed by atoms with Gasteiger partial charge in [-0.2, -0.15) is 5.10 Å². The number of nitrogens with one attached hydrogen (secondary N) is 2. The van der Waals surface area contributed by atoms with Crippen LogP contribution in [0.1, 0.15) is 34.8 Å². The quantitative estimate of drug-likeness (QED) is 0.205. The number of H-pyrrole nitrogens is 1. The van der Waals surface area contributed by atoms with Crippen molar-refractivity contribution in [1.29, 1.82) is 0 Å². The van der Waals surface area contributed by atoms with Crippen LogP contribution in [0.3, 0.4) is 0 Å². The monoisotopic (exact) mass is 465 g/mol. The summed E-state index contributed by atoms with van der Waals surface area (Å²) >= 11 is 5.86. The molecule has 1 amide bonds. The summed E-state index contributed by atoms with van der Waals surface area (Å²) in [6.45, 7) is 8.77. The number of rotatable bonds is 8. The summed E-state index contributed by atoms with van der Waals surface area (Å²) in [5, 5.41) is 10.0. The van der Waals surface area contributed by atoms with Gasteiger partial charge in [-0.3, -0.25) is 14.9 Å². The summed E-state index contributed by atoms with van der Waals surface area (Å²) in [6.07, 6.45) is 8.79. The van der Waals surface area contributed by atoms with Crippen molar-refractivity contribution in [3.05, 3.63) is 70.2 Å². The summed E-state index contributed by atoms with van der Waals surface area (Å²) in [4.78, 5) is 18.6. The molecule has 0 saturated carbocycles. The van der Waals surface area contributed by atoms with Crippen molar-refractivity contribution < 1.29 is 9.53 Å². The van der Waals surface area contributed by atoms with Gasteiger partial charge in [-0.05, 0) is 68.0 Å². The van der Waals surface area contributed by atoms with Crippen LogP contribution in [0, 0.1) is 11.8 Å². The summed E-state index contributed by atoms with van der Waals surface area (Å²) in [5.74, 6) is 6.25. The van der Waals surface area contributed by atoms with E-state index in [1.165, 1.54) is 0 Å². The molecule has 3 rings (SSSR count). The Hall–Kier alpha value is -3.34. The van der Waals surface area contributed by atoms with E-state index in [-0.39, 0.29) is 5.91 Å². The lowest BCUT2D eigenvalue weighted by Crippen LogP contribution is -2.36. The van der Waals surface area contributed by atoms with Crippen molar-refractivity contribution in [2.75, 3.05) is 37.7 Å². The zero-order valence-corrected chi connectivity index (χ0v) is 19.5. The first kappa shape index (κ1) is 24.3. The number of aliphatic imine (C=N–C) groups is 1. The molecule has 0 radical (unpaired) electrons. The number of carbonyl (C=O) groups is 1. The molecule has 7 nitrogen and oxygen atoms in total. The molecule has 172 valence electrons. The number of morpholine rings is 1. The van der Waals surface area contributed by atoms with Crippen LogP contribution in [0.5, 0.6) is 0 Å². The molecule has 0 atom stereocenters. The van der Waals surface area contributed by atoms with Gasteiger partial charge in [-0.25, -0.2) is 0 Å². The summed E-state index contributed by atoms with van der Waals surface area (Å²) in [7, 11) is 0. The molecular formula is C25H28ClN5O2. The van der Waals surface area contributed by atoms with Crippen LogP contribution in [-0.2, 0) is 11.2 Å². The number of halogens is 1. The van der Waals surface area contributed by atoms with Gasteiger partial charge in [0.25, 0.3) is 5.91 Å². The molecular weight excluding hydrogens is 438 g/mol. The van der Waals surface area contributed by atoms with E-state index in [2.05, 4.69) is 44.0 Å². The Morgan fingerprint density at radius 2 is 2.21 bits per heavy atom. The van der Waals surface area contributed by atoms with Crippen molar-refractivity contribution in [3.8, 4) is 11.8 Å². The van der Waals surface area contributed by atoms with Gasteiger partial charge in [0.2, 0.25) is 0 Å². The Bertz CT molecular complexity index is 1070. The molecule has 0 spiro atoms. The van der Waals surface area contributed by atoms with E-state index < -0.39 is 0 Å². The van der Waals surface area contributed by atoms with Crippen LogP contribution in [0.2, 0.25) is 0 Å². The van der Waals surface area contributed by atoms with E-state index in [4.69, 9.17) is 16.3 Å². The number of aryl methyl sites for hydroxylation is 1. The molecule has 0 unspecified atom stereocenters. The van der Waals surface area contributed by atoms with Crippen LogP contribution in [0.4, 0.5) is 5.69 Å². The van der Waals surface area contributed by atoms with E-state index in [1.807, 2.05) is 31.3 Å². The fourth-order valence-electron chi connectivity index (χ4n) is 3.32. The van der Waals surface area contributed by atoms with Crippen molar-refractivity contribution in [1.82, 2.24) is 15.5 Å². The number of ether oxygens (including phenoxy) is 1. The van der Waals surface area contributed by atoms with E-state index >= 15 is 0 Å². The number of allylic oxidation sites excluding steroid dienone is 3. The number of benzene rings is 1. The largest absolute Gasteiger partial charge is 0.378 e. The number of anilines is 1. The molecule has 0 aliphatic carbocycles. The van der Waals surface area contributed by atoms with Gasteiger partial charge >= 0.3 is 0 Å². The normalized spacial score (nSPS) is 14.4. The van der Waals surface area contributed by atoms with E-state index in [0.29, 0.717) is 30.5 Å². The van der Waals surface area contributed by atoms with Crippen LogP contribution in [0.25, 0.3) is 0 Å². The lowest BCUT2D eigenvalue weighted by molar-refractivity contribution is 0.0953. The number of nitrogens with zero attached hydrogens (tertiary/aromatic N) is 3. The van der Waals surface area contributed by atoms with Crippen LogP contribution in [0.15, 0.2) is 58.5 Å². The number of hydrogen-bond donors (Lipinski definition) is 2. The maximum atomic E-state index is 12.7. The maximum absolute atomic E-state index is 12.7. The number of carbonyl (C=O) groups excluding carboxylic acids is 1. The minimum Gasteiger partial charge on any atom is -0.378 e. The predicted octanol–water partition coefficient (Wildman–Crippen LogP) is 3.69. The standard InChI is InChI=1S/C25H28ClN5O2/c1-19(6-10-24(26)27-2)5-7-21-16-22(8-9-23(21)31-12-14-33-15-13-31)25(32)28-11-3-4-20-17-29-30-18-20/h6,8-10,16-18H,2-4,11-15H2,1H3,(H,28,32)(H,29,30)/b19-6+,24-10-. The highest BCUT2D eigenvalue weighted by molar-refractivity contribution is 6.29. The third-order valence-electron chi connectivity index (χ3n) is 5.11. The molecule has 1 aromatic carbocycles. The Kier molecular flexibility index (Phi) is 9.31. The summed E-state index contributed by atoms with van der Waals surface area (Å²) < 4.78 is 5.48. The zero-order chi connectivity index (χ0) is 23.5. The fourth-order valence-corrected chi connectivity index (χ4v) is 3.39. The molecule has 1 fully saturated rings. The van der Waals surface area contributed by atoms with Crippen LogP contribution in [-0.4, -0.2) is 55.7 Å². The van der Waals surface area contributed by atoms with Crippen molar-refractivity contribution in [3.63, 3.8) is 0 Å². The molecule has 1 aliphatic heterocycles. The van der Waals surface area contributed by atoms with E-state index in [1.54, 1.807) is 18.3 Å². The van der Waals surface area contributed by atoms with Crippen LogP contribution >= 0.6 is 11.6 Å². The number of amides is 1. The van der Waals surface area contributed by atoms with Gasteiger partial charge in [-0.1, -0.05) is 23.4 Å². The molecule has 8 heteroatoms. The SMILES string of the molecule is C=N/C(Cl)=C\C=C(/C)C#Cc1cc(C(=O)NCCCc2cn[nH]c2)ccc1N1CCOCC1. The van der Waals surface area contributed by atoms with Gasteiger partial charge in [0.15, 0.2) is 0 Å². The molecule has 1 aliphatic rings. The molecule has 1 saturated heterocycles. The number of aromatic nitrogens is 2. The van der Waals surface area contributed by atoms with Crippen LogP contribution < -0.4 is 10.2 Å². The average molecular weight is 466 g/mol. The molecule has 2 N–H and O–H groups in total. The van der Waals surface area contributed by atoms with Gasteiger partial charge < -0.3 is 15.0 Å². The third kappa shape index (κ3) is 7.63. The molecule has 2 heterocycles. The van der Waals surface area contributed by atoms with Crippen molar-refractivity contribution in [2.45, 2.75) is 19.8 Å². The Balaban J connectivity index is 1.75. The Labute approximate surface area is 199 Å². The second-order valence-electron chi connectivity index (χ2n) is 7.54. The highest BCUT2D eigenvalue weighted by Gasteiger charge is 2.16. The van der Waals surface area contributed by atoms with Gasteiger partial charge in [-0.15, -0.1) is 0 Å². The first-order valence-electron chi connectivity index (χ1n) is 10.8.